The summed E-state index contributed by atoms with van der Waals surface area (Å²) < 4.78 is 0. The normalized spacial score (nSPS) is 15.8. The third-order valence-corrected chi connectivity index (χ3v) is 4.91. The Balaban J connectivity index is 1.60. The molecule has 0 amide bonds. The summed E-state index contributed by atoms with van der Waals surface area (Å²) in [6.07, 6.45) is 3.31. The van der Waals surface area contributed by atoms with Crippen molar-refractivity contribution < 1.29 is 4.92 Å². The van der Waals surface area contributed by atoms with Gasteiger partial charge in [0.05, 0.1) is 9.93 Å². The molecule has 1 saturated heterocycles. The summed E-state index contributed by atoms with van der Waals surface area (Å²) in [5.41, 5.74) is 0.732. The number of nitrogens with zero attached hydrogens (tertiary/aromatic N) is 5. The highest BCUT2D eigenvalue weighted by atomic mass is 32.1. The maximum atomic E-state index is 10.9. The fraction of sp³-hybridized carbons (Fsp3) is 0.467. The van der Waals surface area contributed by atoms with Gasteiger partial charge in [0.1, 0.15) is 12.0 Å². The van der Waals surface area contributed by atoms with Crippen LogP contribution in [0.1, 0.15) is 15.4 Å². The number of hydrogen-bond acceptors (Lipinski definition) is 7. The minimum atomic E-state index is -0.388. The predicted molar refractivity (Wildman–Crippen MR) is 90.0 cm³/mol. The van der Waals surface area contributed by atoms with Crippen LogP contribution in [-0.4, -0.2) is 46.0 Å². The molecule has 122 valence electrons. The quantitative estimate of drug-likeness (QED) is 0.632. The van der Waals surface area contributed by atoms with Gasteiger partial charge in [0.25, 0.3) is 5.69 Å². The molecule has 0 spiro atoms. The highest BCUT2D eigenvalue weighted by Crippen LogP contribution is 2.23. The minimum Gasteiger partial charge on any atom is -0.354 e. The van der Waals surface area contributed by atoms with E-state index in [1.165, 1.54) is 11.1 Å². The Kier molecular flexibility index (Phi) is 4.53. The van der Waals surface area contributed by atoms with Crippen LogP contribution in [0.2, 0.25) is 0 Å². The van der Waals surface area contributed by atoms with Gasteiger partial charge in [0.2, 0.25) is 0 Å². The summed E-state index contributed by atoms with van der Waals surface area (Å²) in [5, 5.41) is 12.0. The molecular formula is C15H19N5O2S. The predicted octanol–water partition coefficient (Wildman–Crippen LogP) is 2.39. The molecule has 1 fully saturated rings. The van der Waals surface area contributed by atoms with Crippen molar-refractivity contribution in [3.05, 3.63) is 44.0 Å². The fourth-order valence-electron chi connectivity index (χ4n) is 2.73. The average molecular weight is 333 g/mol. The number of pyridine rings is 1. The van der Waals surface area contributed by atoms with Crippen molar-refractivity contribution in [1.82, 2.24) is 14.9 Å². The number of nitro groups is 1. The lowest BCUT2D eigenvalue weighted by Crippen LogP contribution is -2.46. The summed E-state index contributed by atoms with van der Waals surface area (Å²) in [6.45, 7) is 8.37. The van der Waals surface area contributed by atoms with Crippen LogP contribution in [0.4, 0.5) is 11.5 Å². The van der Waals surface area contributed by atoms with Crippen molar-refractivity contribution in [2.24, 2.45) is 0 Å². The average Bonchev–Trinajstić information content (AvgIpc) is 2.92. The van der Waals surface area contributed by atoms with Gasteiger partial charge < -0.3 is 4.90 Å². The van der Waals surface area contributed by atoms with Crippen LogP contribution in [0.5, 0.6) is 0 Å². The Labute approximate surface area is 138 Å². The zero-order valence-electron chi connectivity index (χ0n) is 13.2. The third-order valence-electron chi connectivity index (χ3n) is 4.01. The van der Waals surface area contributed by atoms with E-state index in [1.54, 1.807) is 24.3 Å². The van der Waals surface area contributed by atoms with Gasteiger partial charge in [-0.25, -0.2) is 9.97 Å². The largest absolute Gasteiger partial charge is 0.354 e. The topological polar surface area (TPSA) is 75.4 Å². The summed E-state index contributed by atoms with van der Waals surface area (Å²) in [4.78, 5) is 24.9. The lowest BCUT2D eigenvalue weighted by atomic mass is 10.2. The number of anilines is 1. The molecule has 3 rings (SSSR count). The number of piperazine rings is 1. The van der Waals surface area contributed by atoms with Gasteiger partial charge in [-0.2, -0.15) is 0 Å². The molecule has 1 aliphatic heterocycles. The van der Waals surface area contributed by atoms with Gasteiger partial charge in [-0.15, -0.1) is 11.3 Å². The van der Waals surface area contributed by atoms with Crippen LogP contribution in [0.25, 0.3) is 0 Å². The van der Waals surface area contributed by atoms with E-state index < -0.39 is 0 Å². The summed E-state index contributed by atoms with van der Waals surface area (Å²) in [5.74, 6) is 0.821. The smallest absolute Gasteiger partial charge is 0.290 e. The maximum absolute atomic E-state index is 10.9. The van der Waals surface area contributed by atoms with Crippen molar-refractivity contribution in [3.8, 4) is 0 Å². The third kappa shape index (κ3) is 3.65. The molecule has 0 N–H and O–H groups in total. The van der Waals surface area contributed by atoms with Gasteiger partial charge in [0.15, 0.2) is 0 Å². The number of hydrogen-bond donors (Lipinski definition) is 0. The molecule has 2 aromatic rings. The zero-order valence-corrected chi connectivity index (χ0v) is 14.0. The van der Waals surface area contributed by atoms with Crippen molar-refractivity contribution in [3.63, 3.8) is 0 Å². The first-order chi connectivity index (χ1) is 11.0. The monoisotopic (exact) mass is 333 g/mol. The van der Waals surface area contributed by atoms with E-state index in [2.05, 4.69) is 19.8 Å². The van der Waals surface area contributed by atoms with Crippen molar-refractivity contribution in [1.29, 1.82) is 0 Å². The Hall–Kier alpha value is -2.06. The van der Waals surface area contributed by atoms with Gasteiger partial charge in [-0.05, 0) is 19.9 Å². The van der Waals surface area contributed by atoms with Crippen molar-refractivity contribution in [2.45, 2.75) is 20.4 Å². The summed E-state index contributed by atoms with van der Waals surface area (Å²) >= 11 is 1.74. The van der Waals surface area contributed by atoms with Crippen LogP contribution >= 0.6 is 11.3 Å². The highest BCUT2D eigenvalue weighted by molar-refractivity contribution is 7.11. The molecule has 0 radical (unpaired) electrons. The number of aryl methyl sites for hydroxylation is 2. The van der Waals surface area contributed by atoms with E-state index in [0.717, 1.165) is 43.5 Å². The van der Waals surface area contributed by atoms with Crippen LogP contribution < -0.4 is 4.90 Å². The van der Waals surface area contributed by atoms with Crippen LogP contribution in [0, 0.1) is 24.0 Å². The van der Waals surface area contributed by atoms with Crippen LogP contribution in [0.15, 0.2) is 18.5 Å². The first-order valence-electron chi connectivity index (χ1n) is 7.52. The zero-order chi connectivity index (χ0) is 16.4. The first-order valence-corrected chi connectivity index (χ1v) is 8.34. The second-order valence-electron chi connectivity index (χ2n) is 5.69. The van der Waals surface area contributed by atoms with E-state index in [1.807, 2.05) is 13.1 Å². The molecule has 0 unspecified atom stereocenters. The van der Waals surface area contributed by atoms with Crippen molar-refractivity contribution >= 4 is 22.8 Å². The molecule has 0 aromatic carbocycles. The molecule has 0 bridgehead atoms. The number of thiazole rings is 1. The SMILES string of the molecule is Cc1ncc(CN2CCN(c3cc(C)c([N+](=O)[O-])cn3)CC2)s1. The molecule has 0 aliphatic carbocycles. The minimum absolute atomic E-state index is 0.0768. The Morgan fingerprint density at radius 1 is 1.22 bits per heavy atom. The van der Waals surface area contributed by atoms with Gasteiger partial charge in [0, 0.05) is 49.4 Å². The van der Waals surface area contributed by atoms with Crippen LogP contribution in [-0.2, 0) is 6.54 Å². The number of rotatable bonds is 4. The lowest BCUT2D eigenvalue weighted by Gasteiger charge is -2.35. The van der Waals surface area contributed by atoms with E-state index in [-0.39, 0.29) is 10.6 Å². The molecule has 1 aliphatic rings. The molecule has 8 heteroatoms. The lowest BCUT2D eigenvalue weighted by molar-refractivity contribution is -0.385. The van der Waals surface area contributed by atoms with E-state index in [9.17, 15) is 10.1 Å². The van der Waals surface area contributed by atoms with Gasteiger partial charge in [-0.1, -0.05) is 0 Å². The Morgan fingerprint density at radius 3 is 2.52 bits per heavy atom. The van der Waals surface area contributed by atoms with E-state index in [4.69, 9.17) is 0 Å². The Morgan fingerprint density at radius 2 is 1.96 bits per heavy atom. The van der Waals surface area contributed by atoms with E-state index >= 15 is 0 Å². The fourth-order valence-corrected chi connectivity index (χ4v) is 3.57. The van der Waals surface area contributed by atoms with Crippen LogP contribution in [0.3, 0.4) is 0 Å². The van der Waals surface area contributed by atoms with Crippen molar-refractivity contribution in [2.75, 3.05) is 31.1 Å². The van der Waals surface area contributed by atoms with E-state index in [0.29, 0.717) is 5.56 Å². The molecule has 0 saturated carbocycles. The summed E-state index contributed by atoms with van der Waals surface area (Å²) in [7, 11) is 0. The summed E-state index contributed by atoms with van der Waals surface area (Å²) in [6, 6.07) is 1.81. The first kappa shape index (κ1) is 15.8. The number of aromatic nitrogens is 2. The molecule has 3 heterocycles. The molecule has 23 heavy (non-hydrogen) atoms. The molecule has 2 aromatic heterocycles. The second-order valence-corrected chi connectivity index (χ2v) is 7.01. The molecular weight excluding hydrogens is 314 g/mol. The maximum Gasteiger partial charge on any atom is 0.290 e. The van der Waals surface area contributed by atoms with Gasteiger partial charge >= 0.3 is 0 Å². The molecule has 7 nitrogen and oxygen atoms in total. The standard InChI is InChI=1S/C15H19N5O2S/c1-11-7-15(17-9-14(11)20(21)22)19-5-3-18(4-6-19)10-13-8-16-12(2)23-13/h7-9H,3-6,10H2,1-2H3. The molecule has 0 atom stereocenters. The van der Waals surface area contributed by atoms with Gasteiger partial charge in [-0.3, -0.25) is 15.0 Å². The second kappa shape index (κ2) is 6.59. The highest BCUT2D eigenvalue weighted by Gasteiger charge is 2.20. The Bertz CT molecular complexity index is 710.